The topological polar surface area (TPSA) is 38.8 Å². The van der Waals surface area contributed by atoms with Gasteiger partial charge in [-0.2, -0.15) is 0 Å². The minimum Gasteiger partial charge on any atom is -0.490 e. The molecule has 4 nitrogen and oxygen atoms in total. The van der Waals surface area contributed by atoms with E-state index < -0.39 is 0 Å². The highest BCUT2D eigenvalue weighted by Crippen LogP contribution is 2.35. The number of nitrogens with zero attached hydrogens (tertiary/aromatic N) is 1. The third kappa shape index (κ3) is 6.03. The molecular weight excluding hydrogens is 506 g/mol. The molecule has 0 atom stereocenters. The van der Waals surface area contributed by atoms with Crippen molar-refractivity contribution in [1.82, 2.24) is 4.90 Å². The molecule has 0 aromatic heterocycles. The quantitative estimate of drug-likeness (QED) is 0.155. The van der Waals surface area contributed by atoms with Crippen LogP contribution in [-0.2, 0) is 4.79 Å². The van der Waals surface area contributed by atoms with Crippen molar-refractivity contribution in [2.75, 3.05) is 19.8 Å². The Labute approximate surface area is 207 Å². The van der Waals surface area contributed by atoms with Gasteiger partial charge in [-0.1, -0.05) is 72.0 Å². The molecule has 3 rings (SSSR count). The maximum atomic E-state index is 12.7. The number of thiocarbonyl (C=S) groups is 1. The third-order valence-electron chi connectivity index (χ3n) is 4.83. The van der Waals surface area contributed by atoms with Crippen molar-refractivity contribution in [3.63, 3.8) is 0 Å². The van der Waals surface area contributed by atoms with Crippen LogP contribution in [0.1, 0.15) is 36.5 Å². The minimum atomic E-state index is -0.116. The molecule has 1 aliphatic heterocycles. The monoisotopic (exact) mass is 531 g/mol. The summed E-state index contributed by atoms with van der Waals surface area (Å²) < 4.78 is 13.5. The molecule has 1 heterocycles. The summed E-state index contributed by atoms with van der Waals surface area (Å²) in [6.45, 7) is 11.2. The van der Waals surface area contributed by atoms with Crippen molar-refractivity contribution in [2.45, 2.75) is 26.7 Å². The molecule has 0 spiro atoms. The van der Waals surface area contributed by atoms with Crippen LogP contribution in [0.2, 0.25) is 0 Å². The summed E-state index contributed by atoms with van der Waals surface area (Å²) >= 11 is 10.1. The number of halogens is 1. The van der Waals surface area contributed by atoms with Crippen molar-refractivity contribution < 1.29 is 14.3 Å². The molecule has 0 aliphatic carbocycles. The van der Waals surface area contributed by atoms with Crippen LogP contribution >= 0.6 is 39.9 Å². The lowest BCUT2D eigenvalue weighted by atomic mass is 10.0. The first-order valence-electron chi connectivity index (χ1n) is 10.3. The van der Waals surface area contributed by atoms with Crippen LogP contribution in [0.25, 0.3) is 6.08 Å². The highest BCUT2D eigenvalue weighted by atomic mass is 79.9. The van der Waals surface area contributed by atoms with Crippen LogP contribution < -0.4 is 9.47 Å². The number of rotatable bonds is 9. The van der Waals surface area contributed by atoms with Gasteiger partial charge in [-0.3, -0.25) is 9.69 Å². The van der Waals surface area contributed by atoms with Gasteiger partial charge >= 0.3 is 0 Å². The van der Waals surface area contributed by atoms with Gasteiger partial charge in [0.15, 0.2) is 0 Å². The van der Waals surface area contributed by atoms with Gasteiger partial charge in [0, 0.05) is 16.6 Å². The first kappa shape index (κ1) is 24.6. The van der Waals surface area contributed by atoms with Crippen LogP contribution in [0.5, 0.6) is 11.5 Å². The molecule has 1 saturated heterocycles. The highest BCUT2D eigenvalue weighted by molar-refractivity contribution is 9.10. The molecule has 0 bridgehead atoms. The second kappa shape index (κ2) is 11.2. The highest BCUT2D eigenvalue weighted by Gasteiger charge is 2.31. The Morgan fingerprint density at radius 3 is 2.56 bits per heavy atom. The van der Waals surface area contributed by atoms with Crippen LogP contribution in [0.4, 0.5) is 0 Å². The Morgan fingerprint density at radius 1 is 1.16 bits per heavy atom. The fourth-order valence-electron chi connectivity index (χ4n) is 3.24. The first-order valence-corrected chi connectivity index (χ1v) is 12.3. The lowest BCUT2D eigenvalue weighted by Gasteiger charge is -2.16. The van der Waals surface area contributed by atoms with Gasteiger partial charge in [-0.15, -0.1) is 6.58 Å². The van der Waals surface area contributed by atoms with Crippen molar-refractivity contribution in [2.24, 2.45) is 0 Å². The van der Waals surface area contributed by atoms with Gasteiger partial charge in [0.25, 0.3) is 5.91 Å². The van der Waals surface area contributed by atoms with Crippen LogP contribution in [0.3, 0.4) is 0 Å². The zero-order chi connectivity index (χ0) is 23.3. The van der Waals surface area contributed by atoms with E-state index in [9.17, 15) is 4.79 Å². The van der Waals surface area contributed by atoms with E-state index in [-0.39, 0.29) is 5.91 Å². The van der Waals surface area contributed by atoms with Crippen molar-refractivity contribution in [1.29, 1.82) is 0 Å². The van der Waals surface area contributed by atoms with Crippen LogP contribution in [-0.4, -0.2) is 34.9 Å². The standard InChI is InChI=1S/C25H26BrNO3S2/c1-5-10-27-24(28)23(32-25(27)31)15-18-14-19(26)7-9-21(18)29-11-12-30-22-13-17(4)6-8-20(22)16(2)3/h5-9,13-16H,1,10-12H2,2-4H3/b23-15-. The predicted molar refractivity (Wildman–Crippen MR) is 140 cm³/mol. The van der Waals surface area contributed by atoms with Gasteiger partial charge in [0.05, 0.1) is 4.91 Å². The number of aryl methyl sites for hydroxylation is 1. The van der Waals surface area contributed by atoms with Gasteiger partial charge in [-0.05, 0) is 54.3 Å². The van der Waals surface area contributed by atoms with Gasteiger partial charge in [0.2, 0.25) is 0 Å². The lowest BCUT2D eigenvalue weighted by Crippen LogP contribution is -2.27. The van der Waals surface area contributed by atoms with Gasteiger partial charge < -0.3 is 9.47 Å². The number of benzene rings is 2. The Kier molecular flexibility index (Phi) is 8.57. The van der Waals surface area contributed by atoms with E-state index in [1.807, 2.05) is 24.3 Å². The molecule has 0 unspecified atom stereocenters. The molecule has 0 saturated carbocycles. The number of hydrogen-bond acceptors (Lipinski definition) is 5. The summed E-state index contributed by atoms with van der Waals surface area (Å²) in [4.78, 5) is 14.8. The fourth-order valence-corrected chi connectivity index (χ4v) is 4.88. The zero-order valence-corrected chi connectivity index (χ0v) is 21.6. The van der Waals surface area contributed by atoms with E-state index >= 15 is 0 Å². The summed E-state index contributed by atoms with van der Waals surface area (Å²) in [5.74, 6) is 1.84. The molecule has 2 aromatic rings. The molecule has 168 valence electrons. The Morgan fingerprint density at radius 2 is 1.88 bits per heavy atom. The summed E-state index contributed by atoms with van der Waals surface area (Å²) in [5.41, 5.74) is 3.15. The summed E-state index contributed by atoms with van der Waals surface area (Å²) in [5, 5.41) is 0. The smallest absolute Gasteiger partial charge is 0.266 e. The van der Waals surface area contributed by atoms with E-state index in [1.54, 1.807) is 11.0 Å². The lowest BCUT2D eigenvalue weighted by molar-refractivity contribution is -0.121. The van der Waals surface area contributed by atoms with Crippen molar-refractivity contribution >= 4 is 56.2 Å². The van der Waals surface area contributed by atoms with Crippen molar-refractivity contribution in [3.05, 3.63) is 75.1 Å². The average molecular weight is 533 g/mol. The Balaban J connectivity index is 1.70. The van der Waals surface area contributed by atoms with Gasteiger partial charge in [0.1, 0.15) is 29.0 Å². The molecule has 32 heavy (non-hydrogen) atoms. The van der Waals surface area contributed by atoms with Gasteiger partial charge in [-0.25, -0.2) is 0 Å². The maximum absolute atomic E-state index is 12.7. The average Bonchev–Trinajstić information content (AvgIpc) is 3.00. The molecule has 2 aromatic carbocycles. The second-order valence-corrected chi connectivity index (χ2v) is 10.2. The molecule has 1 aliphatic rings. The normalized spacial score (nSPS) is 15.0. The number of hydrogen-bond donors (Lipinski definition) is 0. The number of thioether (sulfide) groups is 1. The number of ether oxygens (including phenoxy) is 2. The fraction of sp³-hybridized carbons (Fsp3) is 0.280. The summed E-state index contributed by atoms with van der Waals surface area (Å²) in [6.07, 6.45) is 3.49. The van der Waals surface area contributed by atoms with Crippen molar-refractivity contribution in [3.8, 4) is 11.5 Å². The summed E-state index contributed by atoms with van der Waals surface area (Å²) in [7, 11) is 0. The molecule has 1 fully saturated rings. The summed E-state index contributed by atoms with van der Waals surface area (Å²) in [6, 6.07) is 12.0. The third-order valence-corrected chi connectivity index (χ3v) is 6.70. The van der Waals surface area contributed by atoms with Crippen LogP contribution in [0, 0.1) is 6.92 Å². The molecular formula is C25H26BrNO3S2. The number of amides is 1. The second-order valence-electron chi connectivity index (χ2n) is 7.66. The predicted octanol–water partition coefficient (Wildman–Crippen LogP) is 6.73. The van der Waals surface area contributed by atoms with E-state index in [1.165, 1.54) is 17.3 Å². The molecule has 1 amide bonds. The first-order chi connectivity index (χ1) is 15.3. The van der Waals surface area contributed by atoms with E-state index in [0.29, 0.717) is 40.7 Å². The minimum absolute atomic E-state index is 0.116. The number of carbonyl (C=O) groups is 1. The number of carbonyl (C=O) groups excluding carboxylic acids is 1. The zero-order valence-electron chi connectivity index (χ0n) is 18.4. The van der Waals surface area contributed by atoms with E-state index in [2.05, 4.69) is 61.5 Å². The Hall–Kier alpha value is -2.09. The molecule has 0 N–H and O–H groups in total. The SMILES string of the molecule is C=CCN1C(=O)/C(=C/c2cc(Br)ccc2OCCOc2cc(C)ccc2C(C)C)SC1=S. The van der Waals surface area contributed by atoms with Crippen LogP contribution in [0.15, 0.2) is 58.4 Å². The van der Waals surface area contributed by atoms with E-state index in [0.717, 1.165) is 21.3 Å². The largest absolute Gasteiger partial charge is 0.490 e. The Bertz CT molecular complexity index is 1070. The molecule has 7 heteroatoms. The maximum Gasteiger partial charge on any atom is 0.266 e. The van der Waals surface area contributed by atoms with E-state index in [4.69, 9.17) is 21.7 Å². The molecule has 0 radical (unpaired) electrons.